The van der Waals surface area contributed by atoms with Gasteiger partial charge in [-0.05, 0) is 41.1 Å². The zero-order valence-corrected chi connectivity index (χ0v) is 13.6. The summed E-state index contributed by atoms with van der Waals surface area (Å²) in [4.78, 5) is 3.98. The van der Waals surface area contributed by atoms with Gasteiger partial charge in [-0.1, -0.05) is 23.2 Å². The third-order valence-corrected chi connectivity index (χ3v) is 3.63. The molecule has 20 heavy (non-hydrogen) atoms. The molecule has 0 saturated carbocycles. The van der Waals surface area contributed by atoms with Crippen LogP contribution in [0.5, 0.6) is 5.75 Å². The van der Waals surface area contributed by atoms with Crippen LogP contribution in [-0.4, -0.2) is 4.98 Å². The molecule has 1 heterocycles. The molecule has 0 amide bonds. The predicted octanol–water partition coefficient (Wildman–Crippen LogP) is 5.59. The van der Waals surface area contributed by atoms with Gasteiger partial charge in [0, 0.05) is 21.3 Å². The number of aromatic nitrogens is 1. The molecular formula is C13H12BrCl2FN2O. The van der Waals surface area contributed by atoms with Crippen LogP contribution < -0.4 is 10.9 Å². The molecule has 0 spiro atoms. The molecule has 0 radical (unpaired) electrons. The number of halogens is 4. The van der Waals surface area contributed by atoms with Gasteiger partial charge in [-0.2, -0.15) is 0 Å². The Labute approximate surface area is 134 Å². The second-order valence-corrected chi connectivity index (χ2v) is 5.56. The molecule has 1 aromatic carbocycles. The Bertz CT molecular complexity index is 613. The van der Waals surface area contributed by atoms with E-state index < -0.39 is 11.9 Å². The summed E-state index contributed by atoms with van der Waals surface area (Å²) in [6.07, 6.45) is 2.70. The lowest BCUT2D eigenvalue weighted by Gasteiger charge is -2.17. The van der Waals surface area contributed by atoms with Crippen LogP contribution in [0.2, 0.25) is 10.0 Å². The van der Waals surface area contributed by atoms with Crippen molar-refractivity contribution in [3.05, 3.63) is 56.5 Å². The van der Waals surface area contributed by atoms with Gasteiger partial charge in [0.15, 0.2) is 0 Å². The fourth-order valence-corrected chi connectivity index (χ4v) is 2.66. The van der Waals surface area contributed by atoms with Crippen LogP contribution in [-0.2, 0) is 0 Å². The first-order valence-electron chi connectivity index (χ1n) is 5.39. The highest BCUT2D eigenvalue weighted by molar-refractivity contribution is 9.10. The van der Waals surface area contributed by atoms with Crippen molar-refractivity contribution in [1.82, 2.24) is 11.1 Å². The molecule has 0 bridgehead atoms. The smallest absolute Gasteiger partial charge is 0.142 e. The Morgan fingerprint density at radius 2 is 2.00 bits per heavy atom. The fourth-order valence-electron chi connectivity index (χ4n) is 1.64. The first-order valence-corrected chi connectivity index (χ1v) is 6.94. The summed E-state index contributed by atoms with van der Waals surface area (Å²) in [5, 5.41) is 0.338. The molecule has 0 aliphatic rings. The van der Waals surface area contributed by atoms with Crippen LogP contribution in [0, 0.1) is 5.82 Å². The molecule has 108 valence electrons. The maximum Gasteiger partial charge on any atom is 0.142 e. The molecule has 1 aromatic heterocycles. The van der Waals surface area contributed by atoms with Gasteiger partial charge < -0.3 is 10.9 Å². The van der Waals surface area contributed by atoms with E-state index in [9.17, 15) is 4.39 Å². The molecular weight excluding hydrogens is 370 g/mol. The van der Waals surface area contributed by atoms with Crippen molar-refractivity contribution >= 4 is 39.1 Å². The average Bonchev–Trinajstić information content (AvgIpc) is 2.34. The zero-order chi connectivity index (χ0) is 14.0. The van der Waals surface area contributed by atoms with E-state index in [-0.39, 0.29) is 11.2 Å². The number of nitrogens with zero attached hydrogens (tertiary/aromatic N) is 1. The first-order chi connectivity index (χ1) is 8.99. The summed E-state index contributed by atoms with van der Waals surface area (Å²) < 4.78 is 19.9. The van der Waals surface area contributed by atoms with Crippen molar-refractivity contribution in [2.75, 3.05) is 0 Å². The number of benzene rings is 1. The molecule has 0 saturated heterocycles. The van der Waals surface area contributed by atoms with Gasteiger partial charge >= 0.3 is 0 Å². The number of rotatable bonds is 3. The minimum absolute atomic E-state index is 0. The van der Waals surface area contributed by atoms with E-state index in [0.29, 0.717) is 16.3 Å². The average molecular weight is 382 g/mol. The predicted molar refractivity (Wildman–Crippen MR) is 82.4 cm³/mol. The maximum atomic E-state index is 13.5. The molecule has 1 atom stereocenters. The van der Waals surface area contributed by atoms with Crippen molar-refractivity contribution in [1.29, 1.82) is 0 Å². The summed E-state index contributed by atoms with van der Waals surface area (Å²) >= 11 is 15.3. The van der Waals surface area contributed by atoms with Crippen LogP contribution in [0.25, 0.3) is 0 Å². The summed E-state index contributed by atoms with van der Waals surface area (Å²) in [6, 6.07) is 4.43. The lowest BCUT2D eigenvalue weighted by atomic mass is 10.1. The largest absolute Gasteiger partial charge is 0.484 e. The highest BCUT2D eigenvalue weighted by Crippen LogP contribution is 2.34. The van der Waals surface area contributed by atoms with Gasteiger partial charge in [-0.3, -0.25) is 4.98 Å². The van der Waals surface area contributed by atoms with Crippen molar-refractivity contribution in [2.45, 2.75) is 13.0 Å². The van der Waals surface area contributed by atoms with Crippen LogP contribution in [0.3, 0.4) is 0 Å². The monoisotopic (exact) mass is 380 g/mol. The molecule has 3 N–H and O–H groups in total. The highest BCUT2D eigenvalue weighted by atomic mass is 79.9. The second-order valence-electron chi connectivity index (χ2n) is 3.86. The van der Waals surface area contributed by atoms with E-state index in [1.165, 1.54) is 12.1 Å². The van der Waals surface area contributed by atoms with Crippen LogP contribution >= 0.6 is 39.1 Å². The van der Waals surface area contributed by atoms with E-state index >= 15 is 0 Å². The topological polar surface area (TPSA) is 57.1 Å². The maximum absolute atomic E-state index is 13.5. The van der Waals surface area contributed by atoms with Gasteiger partial charge in [0.2, 0.25) is 0 Å². The molecule has 0 aliphatic carbocycles. The Hall–Kier alpha value is -0.880. The third-order valence-electron chi connectivity index (χ3n) is 2.48. The third kappa shape index (κ3) is 3.82. The summed E-state index contributed by atoms with van der Waals surface area (Å²) in [5.41, 5.74) is 0.420. The first kappa shape index (κ1) is 17.2. The molecule has 3 nitrogen and oxygen atoms in total. The number of pyridine rings is 1. The van der Waals surface area contributed by atoms with Gasteiger partial charge in [-0.25, -0.2) is 4.39 Å². The molecule has 7 heteroatoms. The van der Waals surface area contributed by atoms with Crippen LogP contribution in [0.4, 0.5) is 4.39 Å². The van der Waals surface area contributed by atoms with E-state index in [4.69, 9.17) is 27.9 Å². The number of hydrogen-bond donors (Lipinski definition) is 1. The molecule has 1 unspecified atom stereocenters. The number of hydrogen-bond acceptors (Lipinski definition) is 3. The molecule has 2 rings (SSSR count). The van der Waals surface area contributed by atoms with Gasteiger partial charge in [0.1, 0.15) is 17.7 Å². The van der Waals surface area contributed by atoms with Gasteiger partial charge in [0.05, 0.1) is 11.2 Å². The van der Waals surface area contributed by atoms with E-state index in [1.54, 1.807) is 25.4 Å². The van der Waals surface area contributed by atoms with Crippen molar-refractivity contribution in [2.24, 2.45) is 0 Å². The van der Waals surface area contributed by atoms with E-state index in [2.05, 4.69) is 20.9 Å². The Kier molecular flexibility index (Phi) is 6.20. The summed E-state index contributed by atoms with van der Waals surface area (Å²) in [5.74, 6) is 0.0159. The zero-order valence-electron chi connectivity index (χ0n) is 10.5. The van der Waals surface area contributed by atoms with Crippen molar-refractivity contribution in [3.8, 4) is 5.75 Å². The van der Waals surface area contributed by atoms with Crippen LogP contribution in [0.1, 0.15) is 18.6 Å². The SMILES string of the molecule is CC(Oc1cncc(Br)c1)c1c(Cl)ccc(F)c1Cl.N. The van der Waals surface area contributed by atoms with Crippen LogP contribution in [0.15, 0.2) is 35.1 Å². The number of ether oxygens (including phenoxy) is 1. The van der Waals surface area contributed by atoms with Gasteiger partial charge in [-0.15, -0.1) is 0 Å². The standard InChI is InChI=1S/C13H9BrCl2FNO.H3N/c1-7(19-9-4-8(14)5-18-6-9)12-10(15)2-3-11(17)13(12)16;/h2-7H,1H3;1H3. The van der Waals surface area contributed by atoms with Crippen molar-refractivity contribution < 1.29 is 9.13 Å². The fraction of sp³-hybridized carbons (Fsp3) is 0.154. The minimum Gasteiger partial charge on any atom is -0.484 e. The highest BCUT2D eigenvalue weighted by Gasteiger charge is 2.18. The molecule has 0 aliphatic heterocycles. The molecule has 2 aromatic rings. The minimum atomic E-state index is -0.524. The quantitative estimate of drug-likeness (QED) is 0.704. The van der Waals surface area contributed by atoms with E-state index in [1.807, 2.05) is 0 Å². The second kappa shape index (κ2) is 7.22. The lowest BCUT2D eigenvalue weighted by molar-refractivity contribution is 0.225. The normalized spacial score (nSPS) is 11.7. The Morgan fingerprint density at radius 3 is 2.65 bits per heavy atom. The van der Waals surface area contributed by atoms with E-state index in [0.717, 1.165) is 4.47 Å². The summed E-state index contributed by atoms with van der Waals surface area (Å²) in [7, 11) is 0. The Morgan fingerprint density at radius 1 is 1.30 bits per heavy atom. The van der Waals surface area contributed by atoms with Gasteiger partial charge in [0.25, 0.3) is 0 Å². The summed E-state index contributed by atoms with van der Waals surface area (Å²) in [6.45, 7) is 1.74. The molecule has 0 fully saturated rings. The Balaban J connectivity index is 0.00000200. The lowest BCUT2D eigenvalue weighted by Crippen LogP contribution is -2.06. The van der Waals surface area contributed by atoms with Crippen molar-refractivity contribution in [3.63, 3.8) is 0 Å².